The normalized spacial score (nSPS) is 10.7. The second-order valence-corrected chi connectivity index (χ2v) is 6.63. The number of thiazole rings is 1. The molecule has 2 heterocycles. The number of hydrogen-bond acceptors (Lipinski definition) is 5. The first-order chi connectivity index (χ1) is 12.0. The van der Waals surface area contributed by atoms with E-state index in [1.54, 1.807) is 17.9 Å². The summed E-state index contributed by atoms with van der Waals surface area (Å²) in [7, 11) is 1.60. The molecule has 0 radical (unpaired) electrons. The number of amides is 1. The van der Waals surface area contributed by atoms with Crippen molar-refractivity contribution in [3.63, 3.8) is 0 Å². The van der Waals surface area contributed by atoms with Gasteiger partial charge in [-0.1, -0.05) is 6.07 Å². The average molecular weight is 356 g/mol. The topological polar surface area (TPSA) is 69.0 Å². The van der Waals surface area contributed by atoms with Crippen molar-refractivity contribution < 1.29 is 9.53 Å². The maximum absolute atomic E-state index is 12.4. The molecule has 0 spiro atoms. The lowest BCUT2D eigenvalue weighted by Gasteiger charge is -2.07. The zero-order chi connectivity index (χ0) is 18.0. The lowest BCUT2D eigenvalue weighted by atomic mass is 10.1. The van der Waals surface area contributed by atoms with E-state index in [2.05, 4.69) is 15.4 Å². The Morgan fingerprint density at radius 2 is 2.12 bits per heavy atom. The van der Waals surface area contributed by atoms with Crippen molar-refractivity contribution in [2.75, 3.05) is 12.4 Å². The van der Waals surface area contributed by atoms with E-state index in [4.69, 9.17) is 4.74 Å². The number of carbonyl (C=O) groups excluding carboxylic acids is 1. The minimum Gasteiger partial charge on any atom is -0.497 e. The molecule has 0 aliphatic carbocycles. The van der Waals surface area contributed by atoms with Gasteiger partial charge in [0.05, 0.1) is 24.9 Å². The van der Waals surface area contributed by atoms with Crippen LogP contribution >= 0.6 is 11.3 Å². The van der Waals surface area contributed by atoms with Crippen molar-refractivity contribution >= 4 is 22.9 Å². The average Bonchev–Trinajstić information content (AvgIpc) is 3.13. The Morgan fingerprint density at radius 1 is 1.32 bits per heavy atom. The maximum atomic E-state index is 12.4. The molecule has 0 bridgehead atoms. The van der Waals surface area contributed by atoms with E-state index in [-0.39, 0.29) is 12.3 Å². The molecule has 0 saturated carbocycles. The number of aryl methyl sites for hydroxylation is 2. The van der Waals surface area contributed by atoms with Crippen molar-refractivity contribution in [2.24, 2.45) is 0 Å². The van der Waals surface area contributed by atoms with Crippen LogP contribution < -0.4 is 10.1 Å². The molecule has 3 aromatic rings. The molecule has 1 aromatic carbocycles. The summed E-state index contributed by atoms with van der Waals surface area (Å²) >= 11 is 1.54. The van der Waals surface area contributed by atoms with Gasteiger partial charge in [-0.15, -0.1) is 11.3 Å². The molecule has 0 atom stereocenters. The van der Waals surface area contributed by atoms with Crippen molar-refractivity contribution in [3.8, 4) is 10.9 Å². The van der Waals surface area contributed by atoms with E-state index in [0.717, 1.165) is 27.8 Å². The predicted octanol–water partition coefficient (Wildman–Crippen LogP) is 3.44. The van der Waals surface area contributed by atoms with Crippen LogP contribution in [-0.2, 0) is 11.2 Å². The van der Waals surface area contributed by atoms with Crippen LogP contribution in [0.2, 0.25) is 0 Å². The Labute approximate surface area is 150 Å². The Balaban J connectivity index is 1.78. The molecule has 2 aromatic heterocycles. The van der Waals surface area contributed by atoms with Gasteiger partial charge in [-0.25, -0.2) is 9.67 Å². The van der Waals surface area contributed by atoms with Crippen LogP contribution in [0.3, 0.4) is 0 Å². The highest BCUT2D eigenvalue weighted by Gasteiger charge is 2.17. The predicted molar refractivity (Wildman–Crippen MR) is 98.8 cm³/mol. The van der Waals surface area contributed by atoms with E-state index in [1.165, 1.54) is 11.3 Å². The Kier molecular flexibility index (Phi) is 4.85. The summed E-state index contributed by atoms with van der Waals surface area (Å²) < 4.78 is 6.98. The van der Waals surface area contributed by atoms with E-state index in [0.29, 0.717) is 11.4 Å². The molecule has 6 nitrogen and oxygen atoms in total. The molecular weight excluding hydrogens is 336 g/mol. The molecule has 0 aliphatic heterocycles. The van der Waals surface area contributed by atoms with Crippen LogP contribution in [0.15, 0.2) is 29.6 Å². The van der Waals surface area contributed by atoms with E-state index >= 15 is 0 Å². The number of benzene rings is 1. The number of nitrogens with one attached hydrogen (secondary N) is 1. The number of rotatable bonds is 5. The monoisotopic (exact) mass is 356 g/mol. The molecule has 25 heavy (non-hydrogen) atoms. The molecule has 0 aliphatic rings. The number of aromatic nitrogens is 3. The molecule has 0 saturated heterocycles. The van der Waals surface area contributed by atoms with Crippen molar-refractivity contribution in [2.45, 2.75) is 27.2 Å². The first kappa shape index (κ1) is 17.2. The smallest absolute Gasteiger partial charge is 0.228 e. The fourth-order valence-electron chi connectivity index (χ4n) is 2.62. The highest BCUT2D eigenvalue weighted by molar-refractivity contribution is 7.12. The van der Waals surface area contributed by atoms with Crippen LogP contribution in [0.25, 0.3) is 5.13 Å². The maximum Gasteiger partial charge on any atom is 0.228 e. The van der Waals surface area contributed by atoms with Gasteiger partial charge in [-0.05, 0) is 32.9 Å². The molecule has 130 valence electrons. The van der Waals surface area contributed by atoms with Crippen LogP contribution in [0.1, 0.15) is 22.6 Å². The lowest BCUT2D eigenvalue weighted by Crippen LogP contribution is -2.15. The SMILES string of the molecule is COc1cccc(NC(=O)Cc2c(C)nn(-c3nc(C)cs3)c2C)c1. The summed E-state index contributed by atoms with van der Waals surface area (Å²) in [6, 6.07) is 7.30. The minimum atomic E-state index is -0.0886. The third kappa shape index (κ3) is 3.71. The van der Waals surface area contributed by atoms with E-state index < -0.39 is 0 Å². The number of methoxy groups -OCH3 is 1. The van der Waals surface area contributed by atoms with Gasteiger partial charge in [0.2, 0.25) is 11.0 Å². The molecule has 0 fully saturated rings. The summed E-state index contributed by atoms with van der Waals surface area (Å²) in [5.41, 5.74) is 4.37. The Bertz CT molecular complexity index is 914. The first-order valence-electron chi connectivity index (χ1n) is 7.89. The molecule has 1 amide bonds. The molecule has 1 N–H and O–H groups in total. The second kappa shape index (κ2) is 7.06. The van der Waals surface area contributed by atoms with Gasteiger partial charge in [0, 0.05) is 28.4 Å². The van der Waals surface area contributed by atoms with Crippen LogP contribution in [0.5, 0.6) is 5.75 Å². The van der Waals surface area contributed by atoms with Crippen LogP contribution in [0.4, 0.5) is 5.69 Å². The zero-order valence-corrected chi connectivity index (χ0v) is 15.5. The third-order valence-electron chi connectivity index (χ3n) is 3.92. The minimum absolute atomic E-state index is 0.0886. The van der Waals surface area contributed by atoms with E-state index in [9.17, 15) is 4.79 Å². The number of nitrogens with zero attached hydrogens (tertiary/aromatic N) is 3. The summed E-state index contributed by atoms with van der Waals surface area (Å²) in [6.07, 6.45) is 0.263. The molecule has 7 heteroatoms. The largest absolute Gasteiger partial charge is 0.497 e. The summed E-state index contributed by atoms with van der Waals surface area (Å²) in [5.74, 6) is 0.617. The lowest BCUT2D eigenvalue weighted by molar-refractivity contribution is -0.115. The van der Waals surface area contributed by atoms with E-state index in [1.807, 2.05) is 44.4 Å². The number of carbonyl (C=O) groups is 1. The van der Waals surface area contributed by atoms with Gasteiger partial charge in [0.1, 0.15) is 5.75 Å². The van der Waals surface area contributed by atoms with Crippen molar-refractivity contribution in [1.29, 1.82) is 0 Å². The van der Waals surface area contributed by atoms with Crippen molar-refractivity contribution in [1.82, 2.24) is 14.8 Å². The van der Waals surface area contributed by atoms with Gasteiger partial charge in [-0.3, -0.25) is 4.79 Å². The Morgan fingerprint density at radius 3 is 2.80 bits per heavy atom. The first-order valence-corrected chi connectivity index (χ1v) is 8.77. The van der Waals surface area contributed by atoms with Gasteiger partial charge >= 0.3 is 0 Å². The van der Waals surface area contributed by atoms with Crippen molar-refractivity contribution in [3.05, 3.63) is 52.3 Å². The zero-order valence-electron chi connectivity index (χ0n) is 14.7. The molecule has 0 unspecified atom stereocenters. The second-order valence-electron chi connectivity index (χ2n) is 5.79. The fraction of sp³-hybridized carbons (Fsp3) is 0.278. The van der Waals surface area contributed by atoms with Gasteiger partial charge in [-0.2, -0.15) is 5.10 Å². The Hall–Kier alpha value is -2.67. The van der Waals surface area contributed by atoms with Gasteiger partial charge in [0.15, 0.2) is 0 Å². The molecular formula is C18H20N4O2S. The fourth-order valence-corrected chi connectivity index (χ4v) is 3.43. The number of ether oxygens (including phenoxy) is 1. The molecule has 3 rings (SSSR count). The number of anilines is 1. The summed E-state index contributed by atoms with van der Waals surface area (Å²) in [6.45, 7) is 5.83. The highest BCUT2D eigenvalue weighted by Crippen LogP contribution is 2.22. The quantitative estimate of drug-likeness (QED) is 0.760. The van der Waals surface area contributed by atoms with Gasteiger partial charge < -0.3 is 10.1 Å². The highest BCUT2D eigenvalue weighted by atomic mass is 32.1. The summed E-state index contributed by atoms with van der Waals surface area (Å²) in [5, 5.41) is 10.3. The number of hydrogen-bond donors (Lipinski definition) is 1. The standard InChI is InChI=1S/C18H20N4O2S/c1-11-10-25-18(19-11)22-13(3)16(12(2)21-22)9-17(23)20-14-6-5-7-15(8-14)24-4/h5-8,10H,9H2,1-4H3,(H,20,23). The van der Waals surface area contributed by atoms with Gasteiger partial charge in [0.25, 0.3) is 0 Å². The van der Waals surface area contributed by atoms with Crippen LogP contribution in [-0.4, -0.2) is 27.8 Å². The van der Waals surface area contributed by atoms with Crippen LogP contribution in [0, 0.1) is 20.8 Å². The summed E-state index contributed by atoms with van der Waals surface area (Å²) in [4.78, 5) is 16.9. The third-order valence-corrected chi connectivity index (χ3v) is 4.85.